The quantitative estimate of drug-likeness (QED) is 0.407. The van der Waals surface area contributed by atoms with Crippen LogP contribution in [0.15, 0.2) is 43.2 Å². The van der Waals surface area contributed by atoms with Crippen LogP contribution in [0.5, 0.6) is 0 Å². The lowest BCUT2D eigenvalue weighted by molar-refractivity contribution is -0.125. The normalized spacial score (nSPS) is 15.8. The van der Waals surface area contributed by atoms with Gasteiger partial charge in [-0.3, -0.25) is 4.79 Å². The highest BCUT2D eigenvalue weighted by atomic mass is 35.5. The van der Waals surface area contributed by atoms with Crippen molar-refractivity contribution in [1.29, 1.82) is 0 Å². The summed E-state index contributed by atoms with van der Waals surface area (Å²) in [6.45, 7) is 7.58. The number of nitrogens with one attached hydrogen (secondary N) is 1. The van der Waals surface area contributed by atoms with E-state index >= 15 is 0 Å². The Balaban J connectivity index is 1.67. The minimum absolute atomic E-state index is 0.0708. The van der Waals surface area contributed by atoms with Crippen LogP contribution in [-0.2, 0) is 4.79 Å². The zero-order valence-corrected chi connectivity index (χ0v) is 18.9. The first kappa shape index (κ1) is 22.2. The van der Waals surface area contributed by atoms with Crippen molar-refractivity contribution in [2.24, 2.45) is 0 Å². The number of pyridine rings is 1. The molecule has 7 nitrogen and oxygen atoms in total. The molecule has 1 atom stereocenters. The van der Waals surface area contributed by atoms with Gasteiger partial charge in [-0.05, 0) is 43.7 Å². The van der Waals surface area contributed by atoms with E-state index in [2.05, 4.69) is 26.8 Å². The highest BCUT2D eigenvalue weighted by molar-refractivity contribution is 6.42. The maximum absolute atomic E-state index is 14.6. The smallest absolute Gasteiger partial charge is 0.246 e. The van der Waals surface area contributed by atoms with Crippen molar-refractivity contribution in [3.05, 3.63) is 59.1 Å². The third kappa shape index (κ3) is 4.20. The van der Waals surface area contributed by atoms with E-state index in [0.29, 0.717) is 36.5 Å². The Morgan fingerprint density at radius 3 is 2.91 bits per heavy atom. The summed E-state index contributed by atoms with van der Waals surface area (Å²) in [5, 5.41) is 2.91. The zero-order valence-electron chi connectivity index (χ0n) is 17.4. The highest BCUT2D eigenvalue weighted by Gasteiger charge is 2.29. The van der Waals surface area contributed by atoms with Gasteiger partial charge in [-0.15, -0.1) is 0 Å². The molecule has 1 N–H and O–H groups in total. The number of rotatable bonds is 6. The van der Waals surface area contributed by atoms with E-state index in [-0.39, 0.29) is 27.7 Å². The molecular weight excluding hydrogens is 454 g/mol. The lowest BCUT2D eigenvalue weighted by Gasteiger charge is -2.29. The Morgan fingerprint density at radius 1 is 1.34 bits per heavy atom. The van der Waals surface area contributed by atoms with Crippen molar-refractivity contribution < 1.29 is 9.18 Å². The maximum atomic E-state index is 14.6. The van der Waals surface area contributed by atoms with Gasteiger partial charge in [-0.25, -0.2) is 19.3 Å². The Hall–Kier alpha value is -2.97. The van der Waals surface area contributed by atoms with Crippen molar-refractivity contribution >= 4 is 57.5 Å². The van der Waals surface area contributed by atoms with Crippen molar-refractivity contribution in [1.82, 2.24) is 19.9 Å². The molecule has 1 amide bonds. The Kier molecular flexibility index (Phi) is 6.43. The molecule has 10 heteroatoms. The van der Waals surface area contributed by atoms with Crippen molar-refractivity contribution in [2.45, 2.75) is 19.4 Å². The molecule has 3 heterocycles. The molecule has 1 saturated heterocycles. The zero-order chi connectivity index (χ0) is 22.8. The number of fused-ring (bicyclic) bond motifs is 1. The number of amides is 1. The fourth-order valence-electron chi connectivity index (χ4n) is 3.86. The van der Waals surface area contributed by atoms with E-state index in [1.54, 1.807) is 4.90 Å². The molecule has 3 aromatic rings. The third-order valence-corrected chi connectivity index (χ3v) is 6.26. The Bertz CT molecular complexity index is 1190. The third-order valence-electron chi connectivity index (χ3n) is 5.48. The number of halogens is 3. The van der Waals surface area contributed by atoms with Gasteiger partial charge in [0.05, 0.1) is 21.2 Å². The summed E-state index contributed by atoms with van der Waals surface area (Å²) in [7, 11) is 0. The number of nitrogens with zero attached hydrogens (tertiary/aromatic N) is 5. The van der Waals surface area contributed by atoms with E-state index in [4.69, 9.17) is 28.2 Å². The molecule has 0 radical (unpaired) electrons. The minimum atomic E-state index is -0.671. The predicted octanol–water partition coefficient (Wildman–Crippen LogP) is 4.83. The second kappa shape index (κ2) is 9.26. The van der Waals surface area contributed by atoms with Gasteiger partial charge < -0.3 is 15.1 Å². The summed E-state index contributed by atoms with van der Waals surface area (Å²) >= 11 is 11.8. The molecular formula is C22H21Cl2FN6O. The molecule has 1 aliphatic heterocycles. The molecule has 4 rings (SSSR count). The summed E-state index contributed by atoms with van der Waals surface area (Å²) in [6, 6.07) is 6.86. The summed E-state index contributed by atoms with van der Waals surface area (Å²) in [4.78, 5) is 29.2. The summed E-state index contributed by atoms with van der Waals surface area (Å²) in [6.07, 6.45) is 3.55. The van der Waals surface area contributed by atoms with Gasteiger partial charge in [0.2, 0.25) is 5.91 Å². The van der Waals surface area contributed by atoms with E-state index in [1.807, 2.05) is 19.1 Å². The molecule has 0 saturated carbocycles. The van der Waals surface area contributed by atoms with Crippen molar-refractivity contribution in [3.8, 4) is 0 Å². The Morgan fingerprint density at radius 2 is 2.16 bits per heavy atom. The summed E-state index contributed by atoms with van der Waals surface area (Å²) < 4.78 is 14.6. The molecule has 0 bridgehead atoms. The van der Waals surface area contributed by atoms with Crippen molar-refractivity contribution in [2.75, 3.05) is 29.9 Å². The van der Waals surface area contributed by atoms with Gasteiger partial charge in [0.15, 0.2) is 11.6 Å². The van der Waals surface area contributed by atoms with Gasteiger partial charge in [-0.1, -0.05) is 29.8 Å². The first-order valence-electron chi connectivity index (χ1n) is 10.1. The average Bonchev–Trinajstić information content (AvgIpc) is 3.29. The number of carbonyl (C=O) groups excluding carboxylic acids is 1. The number of likely N-dealkylation sites (N-methyl/N-ethyl adjacent to an activating group) is 1. The molecule has 1 aromatic carbocycles. The van der Waals surface area contributed by atoms with Crippen LogP contribution in [0.3, 0.4) is 0 Å². The lowest BCUT2D eigenvalue weighted by atomic mass is 10.2. The lowest BCUT2D eigenvalue weighted by Crippen LogP contribution is -2.39. The minimum Gasteiger partial charge on any atom is -0.352 e. The van der Waals surface area contributed by atoms with Gasteiger partial charge in [0.25, 0.3) is 0 Å². The fraction of sp³-hybridized carbons (Fsp3) is 0.273. The van der Waals surface area contributed by atoms with Crippen LogP contribution in [0.4, 0.5) is 21.7 Å². The van der Waals surface area contributed by atoms with Gasteiger partial charge >= 0.3 is 0 Å². The molecule has 1 fully saturated rings. The Labute approximate surface area is 194 Å². The summed E-state index contributed by atoms with van der Waals surface area (Å²) in [5.41, 5.74) is 1.23. The van der Waals surface area contributed by atoms with Gasteiger partial charge in [-0.2, -0.15) is 0 Å². The monoisotopic (exact) mass is 474 g/mol. The molecule has 166 valence electrons. The van der Waals surface area contributed by atoms with Crippen LogP contribution in [-0.4, -0.2) is 51.4 Å². The number of hydrogen-bond donors (Lipinski definition) is 1. The highest BCUT2D eigenvalue weighted by Crippen LogP contribution is 2.33. The van der Waals surface area contributed by atoms with Crippen LogP contribution < -0.4 is 10.2 Å². The molecule has 0 spiro atoms. The molecule has 0 aliphatic carbocycles. The fourth-order valence-corrected chi connectivity index (χ4v) is 4.17. The van der Waals surface area contributed by atoms with E-state index in [0.717, 1.165) is 12.2 Å². The van der Waals surface area contributed by atoms with E-state index in [1.165, 1.54) is 24.5 Å². The average molecular weight is 475 g/mol. The van der Waals surface area contributed by atoms with Gasteiger partial charge in [0.1, 0.15) is 17.7 Å². The van der Waals surface area contributed by atoms with Crippen LogP contribution in [0.1, 0.15) is 13.3 Å². The maximum Gasteiger partial charge on any atom is 0.246 e. The van der Waals surface area contributed by atoms with Crippen LogP contribution in [0.25, 0.3) is 11.0 Å². The molecule has 1 aliphatic rings. The second-order valence-corrected chi connectivity index (χ2v) is 8.11. The SMILES string of the molecule is C=CC(=O)N1CC[C@H](N(CC)c2ccc3ncnc(Nc4ccc(Cl)c(Cl)c4F)c3n2)C1. The largest absolute Gasteiger partial charge is 0.352 e. The van der Waals surface area contributed by atoms with Gasteiger partial charge in [0, 0.05) is 25.7 Å². The van der Waals surface area contributed by atoms with Crippen LogP contribution >= 0.6 is 23.2 Å². The number of anilines is 3. The number of benzene rings is 1. The van der Waals surface area contributed by atoms with E-state index < -0.39 is 5.82 Å². The predicted molar refractivity (Wildman–Crippen MR) is 125 cm³/mol. The van der Waals surface area contributed by atoms with Crippen LogP contribution in [0.2, 0.25) is 10.0 Å². The van der Waals surface area contributed by atoms with E-state index in [9.17, 15) is 9.18 Å². The topological polar surface area (TPSA) is 74.2 Å². The van der Waals surface area contributed by atoms with Crippen LogP contribution in [0, 0.1) is 5.82 Å². The number of likely N-dealkylation sites (tertiary alicyclic amines) is 1. The second-order valence-electron chi connectivity index (χ2n) is 7.32. The number of hydrogen-bond acceptors (Lipinski definition) is 6. The molecule has 2 aromatic heterocycles. The number of aromatic nitrogens is 3. The number of carbonyl (C=O) groups is 1. The summed E-state index contributed by atoms with van der Waals surface area (Å²) in [5.74, 6) is 0.333. The standard InChI is InChI=1S/C22H21Cl2FN6O/c1-3-18(32)30-10-9-13(11-30)31(4-2)17-8-7-16-21(29-17)22(27-12-26-16)28-15-6-5-14(23)19(24)20(15)25/h3,5-8,12-13H,1,4,9-11H2,2H3,(H,26,27,28)/t13-/m0/s1. The molecule has 0 unspecified atom stereocenters. The molecule has 32 heavy (non-hydrogen) atoms. The first-order valence-corrected chi connectivity index (χ1v) is 10.9. The van der Waals surface area contributed by atoms with Crippen molar-refractivity contribution in [3.63, 3.8) is 0 Å². The first-order chi connectivity index (χ1) is 15.4.